The van der Waals surface area contributed by atoms with Crippen LogP contribution in [0.3, 0.4) is 0 Å². The van der Waals surface area contributed by atoms with Crippen molar-refractivity contribution in [2.24, 2.45) is 7.05 Å². The highest BCUT2D eigenvalue weighted by atomic mass is 32.1. The first kappa shape index (κ1) is 21.1. The normalized spacial score (nSPS) is 15.8. The SMILES string of the molecule is Cn1cc(CCNC2CCc3c(sc4ncn(CCCc5ccccc5)c(=O)c34)C2)cn1. The van der Waals surface area contributed by atoms with Gasteiger partial charge in [-0.2, -0.15) is 5.10 Å². The summed E-state index contributed by atoms with van der Waals surface area (Å²) in [5, 5.41) is 8.80. The third-order valence-corrected chi connectivity index (χ3v) is 7.51. The third kappa shape index (κ3) is 4.54. The maximum absolute atomic E-state index is 13.2. The molecule has 0 saturated heterocycles. The molecule has 166 valence electrons. The molecule has 1 atom stereocenters. The number of fused-ring (bicyclic) bond motifs is 3. The van der Waals surface area contributed by atoms with E-state index in [0.29, 0.717) is 12.6 Å². The Morgan fingerprint density at radius 3 is 2.88 bits per heavy atom. The van der Waals surface area contributed by atoms with Crippen LogP contribution in [-0.4, -0.2) is 31.9 Å². The standard InChI is InChI=1S/C25H29N5OS/c1-29-16-19(15-28-29)11-12-26-20-9-10-21-22(14-20)32-24-23(21)25(31)30(17-27-24)13-5-8-18-6-3-2-4-7-18/h2-4,6-7,15-17,20,26H,5,8-14H2,1H3. The number of hydrogen-bond acceptors (Lipinski definition) is 5. The molecule has 1 aliphatic carbocycles. The molecule has 0 spiro atoms. The van der Waals surface area contributed by atoms with E-state index >= 15 is 0 Å². The zero-order valence-corrected chi connectivity index (χ0v) is 19.3. The molecule has 3 heterocycles. The van der Waals surface area contributed by atoms with Gasteiger partial charge in [-0.3, -0.25) is 14.0 Å². The van der Waals surface area contributed by atoms with E-state index in [1.807, 2.05) is 24.0 Å². The molecule has 1 aliphatic rings. The molecular weight excluding hydrogens is 418 g/mol. The van der Waals surface area contributed by atoms with E-state index in [1.54, 1.807) is 22.2 Å². The molecule has 3 aromatic heterocycles. The fraction of sp³-hybridized carbons (Fsp3) is 0.400. The highest BCUT2D eigenvalue weighted by Crippen LogP contribution is 2.33. The molecule has 0 radical (unpaired) electrons. The predicted octanol–water partition coefficient (Wildman–Crippen LogP) is 3.51. The van der Waals surface area contributed by atoms with Crippen molar-refractivity contribution in [3.05, 3.63) is 81.0 Å². The van der Waals surface area contributed by atoms with Crippen LogP contribution in [0.25, 0.3) is 10.2 Å². The van der Waals surface area contributed by atoms with Crippen molar-refractivity contribution in [1.82, 2.24) is 24.6 Å². The van der Waals surface area contributed by atoms with E-state index in [-0.39, 0.29) is 5.56 Å². The second kappa shape index (κ2) is 9.38. The second-order valence-electron chi connectivity index (χ2n) is 8.68. The Hall–Kier alpha value is -2.77. The first-order chi connectivity index (χ1) is 15.7. The Kier molecular flexibility index (Phi) is 6.19. The summed E-state index contributed by atoms with van der Waals surface area (Å²) in [6, 6.07) is 10.9. The van der Waals surface area contributed by atoms with Crippen LogP contribution < -0.4 is 10.9 Å². The zero-order chi connectivity index (χ0) is 21.9. The molecule has 7 heteroatoms. The number of rotatable bonds is 8. The fourth-order valence-electron chi connectivity index (χ4n) is 4.65. The third-order valence-electron chi connectivity index (χ3n) is 6.35. The molecule has 0 bridgehead atoms. The van der Waals surface area contributed by atoms with Gasteiger partial charge in [0.25, 0.3) is 5.56 Å². The Labute approximate surface area is 191 Å². The van der Waals surface area contributed by atoms with E-state index in [0.717, 1.165) is 55.3 Å². The van der Waals surface area contributed by atoms with E-state index in [1.165, 1.54) is 21.6 Å². The maximum Gasteiger partial charge on any atom is 0.262 e. The summed E-state index contributed by atoms with van der Waals surface area (Å²) in [5.74, 6) is 0. The minimum absolute atomic E-state index is 0.128. The molecule has 32 heavy (non-hydrogen) atoms. The summed E-state index contributed by atoms with van der Waals surface area (Å²) in [7, 11) is 1.95. The summed E-state index contributed by atoms with van der Waals surface area (Å²) in [6.07, 6.45) is 11.6. The van der Waals surface area contributed by atoms with Crippen LogP contribution in [0.5, 0.6) is 0 Å². The van der Waals surface area contributed by atoms with Crippen LogP contribution in [0.15, 0.2) is 53.8 Å². The molecule has 1 aromatic carbocycles. The van der Waals surface area contributed by atoms with Gasteiger partial charge in [0, 0.05) is 30.7 Å². The van der Waals surface area contributed by atoms with Gasteiger partial charge in [0.15, 0.2) is 0 Å². The van der Waals surface area contributed by atoms with Crippen LogP contribution in [0.1, 0.15) is 34.4 Å². The minimum Gasteiger partial charge on any atom is -0.313 e. The lowest BCUT2D eigenvalue weighted by atomic mass is 9.93. The van der Waals surface area contributed by atoms with Crippen molar-refractivity contribution in [2.75, 3.05) is 6.54 Å². The Bertz CT molecular complexity index is 1260. The number of benzene rings is 1. The van der Waals surface area contributed by atoms with Gasteiger partial charge in [0.05, 0.1) is 17.9 Å². The lowest BCUT2D eigenvalue weighted by Crippen LogP contribution is -2.35. The van der Waals surface area contributed by atoms with Gasteiger partial charge in [-0.1, -0.05) is 30.3 Å². The van der Waals surface area contributed by atoms with Gasteiger partial charge in [0.2, 0.25) is 0 Å². The highest BCUT2D eigenvalue weighted by molar-refractivity contribution is 7.18. The average molecular weight is 448 g/mol. The van der Waals surface area contributed by atoms with Gasteiger partial charge in [-0.05, 0) is 61.8 Å². The summed E-state index contributed by atoms with van der Waals surface area (Å²) in [4.78, 5) is 20.1. The van der Waals surface area contributed by atoms with Gasteiger partial charge >= 0.3 is 0 Å². The summed E-state index contributed by atoms with van der Waals surface area (Å²) >= 11 is 1.70. The van der Waals surface area contributed by atoms with Crippen molar-refractivity contribution in [2.45, 2.75) is 51.1 Å². The van der Waals surface area contributed by atoms with Crippen molar-refractivity contribution < 1.29 is 0 Å². The first-order valence-electron chi connectivity index (χ1n) is 11.4. The number of aryl methyl sites for hydroxylation is 4. The Morgan fingerprint density at radius 2 is 2.06 bits per heavy atom. The molecule has 1 unspecified atom stereocenters. The van der Waals surface area contributed by atoms with Crippen LogP contribution in [-0.2, 0) is 39.3 Å². The molecule has 5 rings (SSSR count). The minimum atomic E-state index is 0.128. The van der Waals surface area contributed by atoms with Gasteiger partial charge in [0.1, 0.15) is 4.83 Å². The molecular formula is C25H29N5OS. The monoisotopic (exact) mass is 447 g/mol. The largest absolute Gasteiger partial charge is 0.313 e. The van der Waals surface area contributed by atoms with E-state index < -0.39 is 0 Å². The van der Waals surface area contributed by atoms with Gasteiger partial charge < -0.3 is 5.32 Å². The van der Waals surface area contributed by atoms with Crippen LogP contribution >= 0.6 is 11.3 Å². The summed E-state index contributed by atoms with van der Waals surface area (Å²) < 4.78 is 3.65. The zero-order valence-electron chi connectivity index (χ0n) is 18.5. The number of thiophene rings is 1. The van der Waals surface area contributed by atoms with Crippen LogP contribution in [0, 0.1) is 0 Å². The number of aromatic nitrogens is 4. The van der Waals surface area contributed by atoms with Crippen molar-refractivity contribution in [1.29, 1.82) is 0 Å². The summed E-state index contributed by atoms with van der Waals surface area (Å²) in [6.45, 7) is 1.66. The summed E-state index contributed by atoms with van der Waals surface area (Å²) in [5.41, 5.74) is 3.94. The predicted molar refractivity (Wildman–Crippen MR) is 129 cm³/mol. The van der Waals surface area contributed by atoms with Crippen molar-refractivity contribution >= 4 is 21.6 Å². The Morgan fingerprint density at radius 1 is 1.19 bits per heavy atom. The first-order valence-corrected chi connectivity index (χ1v) is 12.2. The highest BCUT2D eigenvalue weighted by Gasteiger charge is 2.25. The second-order valence-corrected chi connectivity index (χ2v) is 9.77. The maximum atomic E-state index is 13.2. The average Bonchev–Trinajstić information content (AvgIpc) is 3.39. The van der Waals surface area contributed by atoms with Crippen LogP contribution in [0.4, 0.5) is 0 Å². The van der Waals surface area contributed by atoms with E-state index in [9.17, 15) is 4.79 Å². The lowest BCUT2D eigenvalue weighted by molar-refractivity contribution is 0.466. The molecule has 4 aromatic rings. The number of nitrogens with zero attached hydrogens (tertiary/aromatic N) is 4. The quantitative estimate of drug-likeness (QED) is 0.449. The molecule has 0 aliphatic heterocycles. The molecule has 0 fully saturated rings. The fourth-order valence-corrected chi connectivity index (χ4v) is 5.91. The van der Waals surface area contributed by atoms with E-state index in [4.69, 9.17) is 0 Å². The topological polar surface area (TPSA) is 64.7 Å². The Balaban J connectivity index is 1.24. The molecule has 6 nitrogen and oxygen atoms in total. The van der Waals surface area contributed by atoms with Crippen molar-refractivity contribution in [3.63, 3.8) is 0 Å². The number of nitrogens with one attached hydrogen (secondary N) is 1. The van der Waals surface area contributed by atoms with E-state index in [2.05, 4.69) is 45.9 Å². The molecule has 0 saturated carbocycles. The van der Waals surface area contributed by atoms with Crippen molar-refractivity contribution in [3.8, 4) is 0 Å². The molecule has 1 N–H and O–H groups in total. The lowest BCUT2D eigenvalue weighted by Gasteiger charge is -2.23. The number of hydrogen-bond donors (Lipinski definition) is 1. The van der Waals surface area contributed by atoms with Gasteiger partial charge in [-0.15, -0.1) is 11.3 Å². The van der Waals surface area contributed by atoms with Crippen LogP contribution in [0.2, 0.25) is 0 Å². The molecule has 0 amide bonds. The van der Waals surface area contributed by atoms with Gasteiger partial charge in [-0.25, -0.2) is 4.98 Å². The smallest absolute Gasteiger partial charge is 0.262 e.